The first-order valence-electron chi connectivity index (χ1n) is 23.3. The lowest BCUT2D eigenvalue weighted by Gasteiger charge is -2.18. The topological polar surface area (TPSA) is 78.9 Å². The Balaban J connectivity index is 4.49. The third-order valence-corrected chi connectivity index (χ3v) is 9.77. The third kappa shape index (κ3) is 42.3. The van der Waals surface area contributed by atoms with Crippen molar-refractivity contribution in [1.29, 1.82) is 0 Å². The Morgan fingerprint density at radius 1 is 0.375 bits per heavy atom. The van der Waals surface area contributed by atoms with Gasteiger partial charge in [0.15, 0.2) is 6.10 Å². The van der Waals surface area contributed by atoms with Crippen LogP contribution in [0, 0.1) is 0 Å². The van der Waals surface area contributed by atoms with Gasteiger partial charge < -0.3 is 14.2 Å². The summed E-state index contributed by atoms with van der Waals surface area (Å²) in [5.41, 5.74) is 0. The molecule has 0 aliphatic carbocycles. The molecule has 6 heteroatoms. The summed E-state index contributed by atoms with van der Waals surface area (Å²) in [6, 6.07) is 0. The molecule has 0 aliphatic rings. The van der Waals surface area contributed by atoms with E-state index in [-0.39, 0.29) is 37.5 Å². The van der Waals surface area contributed by atoms with E-state index in [0.717, 1.165) is 70.6 Å². The van der Waals surface area contributed by atoms with Gasteiger partial charge in [-0.2, -0.15) is 0 Å². The minimum atomic E-state index is -0.807. The van der Waals surface area contributed by atoms with Gasteiger partial charge >= 0.3 is 17.9 Å². The Morgan fingerprint density at radius 2 is 0.732 bits per heavy atom. The minimum absolute atomic E-state index is 0.110. The van der Waals surface area contributed by atoms with Crippen LogP contribution in [-0.4, -0.2) is 37.2 Å². The molecule has 0 fully saturated rings. The van der Waals surface area contributed by atoms with Crippen molar-refractivity contribution in [3.8, 4) is 0 Å². The molecule has 1 unspecified atom stereocenters. The van der Waals surface area contributed by atoms with Gasteiger partial charge in [0.25, 0.3) is 0 Å². The molecule has 0 N–H and O–H groups in total. The monoisotopic (exact) mass is 783 g/mol. The van der Waals surface area contributed by atoms with E-state index in [9.17, 15) is 14.4 Å². The molecule has 6 nitrogen and oxygen atoms in total. The summed E-state index contributed by atoms with van der Waals surface area (Å²) < 4.78 is 16.6. The van der Waals surface area contributed by atoms with E-state index in [1.165, 1.54) is 103 Å². The van der Waals surface area contributed by atoms with Crippen LogP contribution in [0.4, 0.5) is 0 Å². The normalized spacial score (nSPS) is 12.6. The summed E-state index contributed by atoms with van der Waals surface area (Å²) >= 11 is 0. The van der Waals surface area contributed by atoms with Crippen LogP contribution >= 0.6 is 0 Å². The SMILES string of the molecule is CC/C=C\C/C=C\C/C=C\CCCCC(=O)OCC(COC(=O)CC/C=C\C/C=C\CCCCCCCC)OC(=O)CCCCCCCCCCCCCCC. The van der Waals surface area contributed by atoms with Gasteiger partial charge in [0, 0.05) is 19.3 Å². The number of esters is 3. The first-order chi connectivity index (χ1) is 27.5. The maximum absolute atomic E-state index is 12.7. The first kappa shape index (κ1) is 53.1. The summed E-state index contributed by atoms with van der Waals surface area (Å²) in [5, 5.41) is 0. The van der Waals surface area contributed by atoms with Gasteiger partial charge in [0.2, 0.25) is 0 Å². The number of hydrogen-bond acceptors (Lipinski definition) is 6. The predicted octanol–water partition coefficient (Wildman–Crippen LogP) is 14.9. The average molecular weight is 783 g/mol. The van der Waals surface area contributed by atoms with Gasteiger partial charge in [-0.3, -0.25) is 14.4 Å². The van der Waals surface area contributed by atoms with Crippen molar-refractivity contribution in [1.82, 2.24) is 0 Å². The van der Waals surface area contributed by atoms with Crippen LogP contribution in [0.3, 0.4) is 0 Å². The average Bonchev–Trinajstić information content (AvgIpc) is 3.19. The van der Waals surface area contributed by atoms with Crippen LogP contribution in [0.1, 0.15) is 220 Å². The van der Waals surface area contributed by atoms with E-state index in [0.29, 0.717) is 19.3 Å². The number of ether oxygens (including phenoxy) is 3. The molecule has 0 radical (unpaired) electrons. The Hall–Kier alpha value is -2.89. The Kier molecular flexibility index (Phi) is 42.5. The number of carbonyl (C=O) groups is 3. The molecule has 0 aromatic rings. The second kappa shape index (κ2) is 44.8. The van der Waals surface area contributed by atoms with Gasteiger partial charge in [-0.15, -0.1) is 0 Å². The van der Waals surface area contributed by atoms with E-state index >= 15 is 0 Å². The predicted molar refractivity (Wildman–Crippen MR) is 238 cm³/mol. The standard InChI is InChI=1S/C50H86O6/c1-4-7-10-13-16-19-22-25-28-31-34-37-40-43-49(52)55-46-47(45-54-48(51)42-39-36-33-30-27-24-21-18-15-12-9-6-3)56-50(53)44-41-38-35-32-29-26-23-20-17-14-11-8-5-2/h9,12,18,21,25,27-28,30,34,37,47H,4-8,10-11,13-17,19-20,22-24,26,29,31-33,35-36,38-46H2,1-3H3/b12-9-,21-18-,28-25-,30-27-,37-34-. The molecule has 0 amide bonds. The Labute approximate surface area is 345 Å². The van der Waals surface area contributed by atoms with Crippen molar-refractivity contribution in [3.05, 3.63) is 60.8 Å². The summed E-state index contributed by atoms with van der Waals surface area (Å²) in [6.45, 7) is 6.41. The Bertz CT molecular complexity index is 1040. The fraction of sp³-hybridized carbons (Fsp3) is 0.740. The maximum atomic E-state index is 12.7. The molecule has 0 aliphatic heterocycles. The second-order valence-electron chi connectivity index (χ2n) is 15.3. The molecule has 0 rings (SSSR count). The number of unbranched alkanes of at least 4 members (excludes halogenated alkanes) is 20. The summed E-state index contributed by atoms with van der Waals surface area (Å²) in [7, 11) is 0. The summed E-state index contributed by atoms with van der Waals surface area (Å²) in [6.07, 6.45) is 53.6. The molecular formula is C50H86O6. The molecule has 0 heterocycles. The highest BCUT2D eigenvalue weighted by Gasteiger charge is 2.19. The lowest BCUT2D eigenvalue weighted by molar-refractivity contribution is -0.166. The van der Waals surface area contributed by atoms with Gasteiger partial charge in [0.1, 0.15) is 13.2 Å². The molecule has 322 valence electrons. The lowest BCUT2D eigenvalue weighted by Crippen LogP contribution is -2.30. The summed E-state index contributed by atoms with van der Waals surface area (Å²) in [4.78, 5) is 37.7. The molecule has 0 bridgehead atoms. The highest BCUT2D eigenvalue weighted by molar-refractivity contribution is 5.71. The Morgan fingerprint density at radius 3 is 1.23 bits per heavy atom. The quantitative estimate of drug-likeness (QED) is 0.0266. The van der Waals surface area contributed by atoms with Crippen LogP contribution in [0.15, 0.2) is 60.8 Å². The van der Waals surface area contributed by atoms with E-state index in [4.69, 9.17) is 14.2 Å². The highest BCUT2D eigenvalue weighted by Crippen LogP contribution is 2.14. The zero-order valence-corrected chi connectivity index (χ0v) is 36.6. The van der Waals surface area contributed by atoms with Gasteiger partial charge in [0.05, 0.1) is 0 Å². The molecule has 0 aromatic heterocycles. The highest BCUT2D eigenvalue weighted by atomic mass is 16.6. The lowest BCUT2D eigenvalue weighted by atomic mass is 10.0. The molecule has 56 heavy (non-hydrogen) atoms. The number of rotatable bonds is 41. The van der Waals surface area contributed by atoms with Crippen LogP contribution in [-0.2, 0) is 28.6 Å². The zero-order valence-electron chi connectivity index (χ0n) is 36.6. The largest absolute Gasteiger partial charge is 0.462 e. The van der Waals surface area contributed by atoms with Crippen LogP contribution < -0.4 is 0 Å². The number of carbonyl (C=O) groups excluding carboxylic acids is 3. The third-order valence-electron chi connectivity index (χ3n) is 9.77. The van der Waals surface area contributed by atoms with Gasteiger partial charge in [-0.1, -0.05) is 191 Å². The maximum Gasteiger partial charge on any atom is 0.306 e. The van der Waals surface area contributed by atoms with E-state index in [2.05, 4.69) is 75.5 Å². The van der Waals surface area contributed by atoms with Crippen molar-refractivity contribution in [3.63, 3.8) is 0 Å². The second-order valence-corrected chi connectivity index (χ2v) is 15.3. The van der Waals surface area contributed by atoms with E-state index in [1.807, 2.05) is 6.08 Å². The molecule has 0 aromatic carbocycles. The summed E-state index contributed by atoms with van der Waals surface area (Å²) in [5.74, 6) is -1.02. The van der Waals surface area contributed by atoms with Gasteiger partial charge in [-0.25, -0.2) is 0 Å². The number of allylic oxidation sites excluding steroid dienone is 10. The molecular weight excluding hydrogens is 697 g/mol. The molecule has 0 spiro atoms. The van der Waals surface area contributed by atoms with Crippen molar-refractivity contribution in [2.45, 2.75) is 226 Å². The molecule has 1 atom stereocenters. The van der Waals surface area contributed by atoms with E-state index in [1.54, 1.807) is 0 Å². The fourth-order valence-electron chi connectivity index (χ4n) is 6.27. The van der Waals surface area contributed by atoms with Crippen LogP contribution in [0.2, 0.25) is 0 Å². The molecule has 0 saturated carbocycles. The van der Waals surface area contributed by atoms with E-state index < -0.39 is 6.10 Å². The van der Waals surface area contributed by atoms with Crippen molar-refractivity contribution >= 4 is 17.9 Å². The van der Waals surface area contributed by atoms with Crippen LogP contribution in [0.25, 0.3) is 0 Å². The first-order valence-corrected chi connectivity index (χ1v) is 23.3. The van der Waals surface area contributed by atoms with Gasteiger partial charge in [-0.05, 0) is 70.6 Å². The van der Waals surface area contributed by atoms with Crippen molar-refractivity contribution < 1.29 is 28.6 Å². The smallest absolute Gasteiger partial charge is 0.306 e. The van der Waals surface area contributed by atoms with Crippen molar-refractivity contribution in [2.75, 3.05) is 13.2 Å². The molecule has 0 saturated heterocycles. The van der Waals surface area contributed by atoms with Crippen molar-refractivity contribution in [2.24, 2.45) is 0 Å². The fourth-order valence-corrected chi connectivity index (χ4v) is 6.27. The van der Waals surface area contributed by atoms with Crippen LogP contribution in [0.5, 0.6) is 0 Å². The number of hydrogen-bond donors (Lipinski definition) is 0. The zero-order chi connectivity index (χ0) is 40.8. The minimum Gasteiger partial charge on any atom is -0.462 e.